The van der Waals surface area contributed by atoms with E-state index in [1.807, 2.05) is 66.9 Å². The predicted octanol–water partition coefficient (Wildman–Crippen LogP) is 4.56. The standard InChI is InChI=1S/C27H23N5O2/c33-26(14-7-8-18-17-29-22-11-3-1-9-19(18)22)31-32-27(34)21-16-25(24-13-5-6-15-28-24)30-23-12-4-2-10-20(21)23/h1-6,9-13,15-17,29H,7-8,14H2,(H,31,33)(H,32,34). The van der Waals surface area contributed by atoms with E-state index in [9.17, 15) is 9.59 Å². The molecule has 0 fully saturated rings. The number of carbonyl (C=O) groups excluding carboxylic acids is 2. The number of amides is 2. The molecule has 3 heterocycles. The zero-order valence-corrected chi connectivity index (χ0v) is 18.4. The summed E-state index contributed by atoms with van der Waals surface area (Å²) in [4.78, 5) is 37.6. The van der Waals surface area contributed by atoms with Crippen molar-refractivity contribution >= 4 is 33.6 Å². The van der Waals surface area contributed by atoms with Gasteiger partial charge in [0.25, 0.3) is 5.91 Å². The third kappa shape index (κ3) is 4.49. The van der Waals surface area contributed by atoms with Crippen molar-refractivity contribution in [3.63, 3.8) is 0 Å². The molecule has 0 saturated heterocycles. The molecule has 3 N–H and O–H groups in total. The summed E-state index contributed by atoms with van der Waals surface area (Å²) in [6, 6.07) is 22.7. The number of benzene rings is 2. The second kappa shape index (κ2) is 9.54. The Morgan fingerprint density at radius 1 is 0.853 bits per heavy atom. The van der Waals surface area contributed by atoms with Gasteiger partial charge in [0, 0.05) is 35.1 Å². The summed E-state index contributed by atoms with van der Waals surface area (Å²) in [7, 11) is 0. The molecular weight excluding hydrogens is 426 g/mol. The van der Waals surface area contributed by atoms with Crippen molar-refractivity contribution in [3.8, 4) is 11.4 Å². The highest BCUT2D eigenvalue weighted by atomic mass is 16.2. The van der Waals surface area contributed by atoms with E-state index in [4.69, 9.17) is 0 Å². The number of aromatic nitrogens is 3. The van der Waals surface area contributed by atoms with Crippen LogP contribution in [0.3, 0.4) is 0 Å². The number of nitrogens with one attached hydrogen (secondary N) is 3. The molecule has 2 aromatic carbocycles. The SMILES string of the molecule is O=C(CCCc1c[nH]c2ccccc12)NNC(=O)c1cc(-c2ccccn2)nc2ccccc12. The van der Waals surface area contributed by atoms with Crippen LogP contribution in [-0.4, -0.2) is 26.8 Å². The highest BCUT2D eigenvalue weighted by Crippen LogP contribution is 2.23. The van der Waals surface area contributed by atoms with E-state index in [1.54, 1.807) is 12.3 Å². The lowest BCUT2D eigenvalue weighted by atomic mass is 10.1. The Hall–Kier alpha value is -4.52. The van der Waals surface area contributed by atoms with E-state index >= 15 is 0 Å². The van der Waals surface area contributed by atoms with Crippen LogP contribution < -0.4 is 10.9 Å². The number of hydrogen-bond acceptors (Lipinski definition) is 4. The molecule has 168 valence electrons. The van der Waals surface area contributed by atoms with Gasteiger partial charge in [-0.05, 0) is 48.7 Å². The van der Waals surface area contributed by atoms with Crippen molar-refractivity contribution in [3.05, 3.63) is 96.3 Å². The average molecular weight is 450 g/mol. The third-order valence-corrected chi connectivity index (χ3v) is 5.73. The molecule has 0 atom stereocenters. The van der Waals surface area contributed by atoms with E-state index in [1.165, 1.54) is 10.9 Å². The Morgan fingerprint density at radius 2 is 1.65 bits per heavy atom. The summed E-state index contributed by atoms with van der Waals surface area (Å²) >= 11 is 0. The quantitative estimate of drug-likeness (QED) is 0.331. The summed E-state index contributed by atoms with van der Waals surface area (Å²) in [5.41, 5.74) is 9.72. The molecule has 5 aromatic rings. The first-order valence-electron chi connectivity index (χ1n) is 11.1. The van der Waals surface area contributed by atoms with Crippen LogP contribution in [0.15, 0.2) is 85.2 Å². The van der Waals surface area contributed by atoms with Gasteiger partial charge in [-0.3, -0.25) is 25.4 Å². The number of pyridine rings is 2. The molecular formula is C27H23N5O2. The fourth-order valence-electron chi connectivity index (χ4n) is 4.04. The highest BCUT2D eigenvalue weighted by Gasteiger charge is 2.15. The molecule has 2 amide bonds. The van der Waals surface area contributed by atoms with Gasteiger partial charge >= 0.3 is 0 Å². The van der Waals surface area contributed by atoms with Crippen molar-refractivity contribution in [2.45, 2.75) is 19.3 Å². The van der Waals surface area contributed by atoms with E-state index in [-0.39, 0.29) is 5.91 Å². The molecule has 0 bridgehead atoms. The van der Waals surface area contributed by atoms with Crippen LogP contribution in [0.25, 0.3) is 33.2 Å². The molecule has 0 unspecified atom stereocenters. The monoisotopic (exact) mass is 449 g/mol. The number of hydrazine groups is 1. The van der Waals surface area contributed by atoms with Crippen LogP contribution >= 0.6 is 0 Å². The van der Waals surface area contributed by atoms with Crippen molar-refractivity contribution in [1.29, 1.82) is 0 Å². The van der Waals surface area contributed by atoms with Crippen LogP contribution in [0.5, 0.6) is 0 Å². The van der Waals surface area contributed by atoms with Gasteiger partial charge in [-0.2, -0.15) is 0 Å². The number of aromatic amines is 1. The van der Waals surface area contributed by atoms with Gasteiger partial charge in [0.15, 0.2) is 0 Å². The number of fused-ring (bicyclic) bond motifs is 2. The molecule has 34 heavy (non-hydrogen) atoms. The number of hydrogen-bond donors (Lipinski definition) is 3. The van der Waals surface area contributed by atoms with Crippen molar-refractivity contribution in [2.24, 2.45) is 0 Å². The van der Waals surface area contributed by atoms with Crippen molar-refractivity contribution in [1.82, 2.24) is 25.8 Å². The number of para-hydroxylation sites is 2. The first-order chi connectivity index (χ1) is 16.7. The number of rotatable bonds is 6. The van der Waals surface area contributed by atoms with E-state index < -0.39 is 5.91 Å². The molecule has 0 spiro atoms. The third-order valence-electron chi connectivity index (χ3n) is 5.73. The molecule has 0 aliphatic heterocycles. The molecule has 0 saturated carbocycles. The lowest BCUT2D eigenvalue weighted by molar-refractivity contribution is -0.121. The number of aryl methyl sites for hydroxylation is 1. The summed E-state index contributed by atoms with van der Waals surface area (Å²) in [6.07, 6.45) is 5.41. The Labute approximate surface area is 196 Å². The van der Waals surface area contributed by atoms with Gasteiger partial charge in [0.05, 0.1) is 22.5 Å². The Bertz CT molecular complexity index is 1480. The van der Waals surface area contributed by atoms with Crippen LogP contribution in [0.1, 0.15) is 28.8 Å². The van der Waals surface area contributed by atoms with Gasteiger partial charge in [0.2, 0.25) is 5.91 Å². The average Bonchev–Trinajstić information content (AvgIpc) is 3.30. The molecule has 5 rings (SSSR count). The van der Waals surface area contributed by atoms with Crippen molar-refractivity contribution < 1.29 is 9.59 Å². The zero-order valence-electron chi connectivity index (χ0n) is 18.4. The van der Waals surface area contributed by atoms with Gasteiger partial charge in [-0.1, -0.05) is 42.5 Å². The molecule has 7 heteroatoms. The Kier molecular flexibility index (Phi) is 5.99. The summed E-state index contributed by atoms with van der Waals surface area (Å²) in [6.45, 7) is 0. The van der Waals surface area contributed by atoms with Gasteiger partial charge < -0.3 is 4.98 Å². The topological polar surface area (TPSA) is 99.8 Å². The minimum absolute atomic E-state index is 0.239. The fraction of sp³-hybridized carbons (Fsp3) is 0.111. The highest BCUT2D eigenvalue weighted by molar-refractivity contribution is 6.07. The van der Waals surface area contributed by atoms with Gasteiger partial charge in [-0.15, -0.1) is 0 Å². The largest absolute Gasteiger partial charge is 0.361 e. The number of nitrogens with zero attached hydrogens (tertiary/aromatic N) is 2. The minimum Gasteiger partial charge on any atom is -0.361 e. The van der Waals surface area contributed by atoms with Gasteiger partial charge in [-0.25, -0.2) is 4.98 Å². The number of carbonyl (C=O) groups is 2. The smallest absolute Gasteiger partial charge is 0.270 e. The first kappa shape index (κ1) is 21.3. The maximum absolute atomic E-state index is 13.0. The summed E-state index contributed by atoms with van der Waals surface area (Å²) in [5, 5.41) is 1.87. The van der Waals surface area contributed by atoms with E-state index in [2.05, 4.69) is 31.9 Å². The Morgan fingerprint density at radius 3 is 2.50 bits per heavy atom. The maximum atomic E-state index is 13.0. The molecule has 0 aliphatic carbocycles. The van der Waals surface area contributed by atoms with E-state index in [0.29, 0.717) is 40.7 Å². The molecule has 0 radical (unpaired) electrons. The van der Waals surface area contributed by atoms with Crippen LogP contribution in [0.4, 0.5) is 0 Å². The van der Waals surface area contributed by atoms with Crippen molar-refractivity contribution in [2.75, 3.05) is 0 Å². The molecule has 3 aromatic heterocycles. The second-order valence-corrected chi connectivity index (χ2v) is 8.00. The molecule has 7 nitrogen and oxygen atoms in total. The lowest BCUT2D eigenvalue weighted by Crippen LogP contribution is -2.41. The number of H-pyrrole nitrogens is 1. The first-order valence-corrected chi connectivity index (χ1v) is 11.1. The Balaban J connectivity index is 1.24. The van der Waals surface area contributed by atoms with Crippen LogP contribution in [-0.2, 0) is 11.2 Å². The summed E-state index contributed by atoms with van der Waals surface area (Å²) in [5.74, 6) is -0.641. The lowest BCUT2D eigenvalue weighted by Gasteiger charge is -2.11. The van der Waals surface area contributed by atoms with Gasteiger partial charge in [0.1, 0.15) is 0 Å². The zero-order chi connectivity index (χ0) is 23.3. The van der Waals surface area contributed by atoms with E-state index in [0.717, 1.165) is 11.9 Å². The maximum Gasteiger partial charge on any atom is 0.270 e. The van der Waals surface area contributed by atoms with Crippen LogP contribution in [0, 0.1) is 0 Å². The molecule has 0 aliphatic rings. The summed E-state index contributed by atoms with van der Waals surface area (Å²) < 4.78 is 0. The predicted molar refractivity (Wildman–Crippen MR) is 132 cm³/mol. The van der Waals surface area contributed by atoms with Crippen LogP contribution in [0.2, 0.25) is 0 Å². The second-order valence-electron chi connectivity index (χ2n) is 8.00. The normalized spacial score (nSPS) is 10.9. The minimum atomic E-state index is -0.402. The fourth-order valence-corrected chi connectivity index (χ4v) is 4.04.